The first-order chi connectivity index (χ1) is 13.9. The van der Waals surface area contributed by atoms with Gasteiger partial charge in [-0.15, -0.1) is 0 Å². The number of sulfonamides is 1. The fraction of sp³-hybridized carbons (Fsp3) is 0.263. The van der Waals surface area contributed by atoms with Gasteiger partial charge in [-0.05, 0) is 48.9 Å². The third-order valence-corrected chi connectivity index (χ3v) is 5.34. The van der Waals surface area contributed by atoms with Crippen molar-refractivity contribution in [2.75, 3.05) is 16.6 Å². The fourth-order valence-electron chi connectivity index (χ4n) is 2.33. The van der Waals surface area contributed by atoms with Crippen molar-refractivity contribution in [1.29, 1.82) is 0 Å². The second-order valence-corrected chi connectivity index (χ2v) is 8.04. The molecule has 0 aliphatic rings. The number of nitrogens with one attached hydrogen (secondary N) is 3. The molecule has 0 aliphatic heterocycles. The van der Waals surface area contributed by atoms with Crippen LogP contribution < -0.4 is 15.4 Å². The van der Waals surface area contributed by atoms with E-state index in [2.05, 4.69) is 10.0 Å². The number of carbonyl (C=O) groups excluding carboxylic acids is 2. The molecule has 11 heteroatoms. The summed E-state index contributed by atoms with van der Waals surface area (Å²) in [7, 11) is -4.04. The highest BCUT2D eigenvalue weighted by Gasteiger charge is 2.28. The highest BCUT2D eigenvalue weighted by atomic mass is 32.2. The zero-order chi connectivity index (χ0) is 22.5. The summed E-state index contributed by atoms with van der Waals surface area (Å²) in [4.78, 5) is 23.1. The Balaban J connectivity index is 2.17. The van der Waals surface area contributed by atoms with Gasteiger partial charge in [-0.2, -0.15) is 13.2 Å². The van der Waals surface area contributed by atoms with E-state index < -0.39 is 28.7 Å². The van der Waals surface area contributed by atoms with E-state index in [1.54, 1.807) is 31.3 Å². The van der Waals surface area contributed by atoms with Crippen LogP contribution in [0.1, 0.15) is 29.3 Å². The normalized spacial score (nSPS) is 11.6. The summed E-state index contributed by atoms with van der Waals surface area (Å²) in [6.07, 6.45) is -4.29. The molecular weight excluding hydrogens is 423 g/mol. The van der Waals surface area contributed by atoms with Crippen LogP contribution in [-0.4, -0.2) is 33.0 Å². The molecule has 3 N–H and O–H groups in total. The number of rotatable bonds is 7. The Morgan fingerprint density at radius 2 is 1.67 bits per heavy atom. The van der Waals surface area contributed by atoms with Crippen LogP contribution in [0.2, 0.25) is 0 Å². The third-order valence-electron chi connectivity index (χ3n) is 3.96. The van der Waals surface area contributed by atoms with E-state index in [0.717, 1.165) is 24.3 Å². The predicted molar refractivity (Wildman–Crippen MR) is 106 cm³/mol. The molecule has 0 aromatic heterocycles. The first-order valence-corrected chi connectivity index (χ1v) is 10.3. The molecule has 0 atom stereocenters. The van der Waals surface area contributed by atoms with E-state index >= 15 is 0 Å². The molecule has 2 rings (SSSR count). The van der Waals surface area contributed by atoms with Gasteiger partial charge in [-0.25, -0.2) is 8.42 Å². The topological polar surface area (TPSA) is 104 Å². The molecule has 7 nitrogen and oxygen atoms in total. The molecule has 0 radical (unpaired) electrons. The Bertz CT molecular complexity index is 1040. The van der Waals surface area contributed by atoms with Crippen molar-refractivity contribution in [2.45, 2.75) is 31.3 Å². The Labute approximate surface area is 171 Å². The Morgan fingerprint density at radius 1 is 1.03 bits per heavy atom. The maximum atomic E-state index is 12.6. The monoisotopic (exact) mass is 443 g/mol. The maximum absolute atomic E-state index is 12.6. The first-order valence-electron chi connectivity index (χ1n) is 8.79. The minimum atomic E-state index is -4.55. The number of alkyl halides is 3. The summed E-state index contributed by atoms with van der Waals surface area (Å²) in [5.41, 5.74) is 1.16. The molecule has 0 saturated carbocycles. The van der Waals surface area contributed by atoms with Crippen LogP contribution >= 0.6 is 0 Å². The van der Waals surface area contributed by atoms with Crippen molar-refractivity contribution >= 4 is 33.2 Å². The van der Waals surface area contributed by atoms with Gasteiger partial charge in [0, 0.05) is 17.7 Å². The van der Waals surface area contributed by atoms with E-state index in [1.807, 2.05) is 0 Å². The number of hydrogen-bond acceptors (Lipinski definition) is 4. The van der Waals surface area contributed by atoms with E-state index in [-0.39, 0.29) is 28.5 Å². The Morgan fingerprint density at radius 3 is 2.23 bits per heavy atom. The first kappa shape index (κ1) is 23.2. The number of hydrogen-bond donors (Lipinski definition) is 3. The maximum Gasteiger partial charge on any atom is 0.405 e. The molecule has 0 aliphatic carbocycles. The predicted octanol–water partition coefficient (Wildman–Crippen LogP) is 3.44. The van der Waals surface area contributed by atoms with Crippen LogP contribution in [0.15, 0.2) is 47.4 Å². The van der Waals surface area contributed by atoms with E-state index in [1.165, 1.54) is 6.07 Å². The van der Waals surface area contributed by atoms with Crippen LogP contribution in [0, 0.1) is 6.92 Å². The van der Waals surface area contributed by atoms with Crippen molar-refractivity contribution < 1.29 is 31.2 Å². The summed E-state index contributed by atoms with van der Waals surface area (Å²) in [6, 6.07) is 9.20. The number of halogens is 3. The number of aryl methyl sites for hydroxylation is 1. The molecule has 0 bridgehead atoms. The lowest BCUT2D eigenvalue weighted by Crippen LogP contribution is -2.33. The molecule has 0 fully saturated rings. The molecule has 2 aromatic rings. The smallest absolute Gasteiger partial charge is 0.343 e. The van der Waals surface area contributed by atoms with Crippen LogP contribution in [0.4, 0.5) is 24.5 Å². The summed E-state index contributed by atoms with van der Waals surface area (Å²) in [6.45, 7) is 1.87. The van der Waals surface area contributed by atoms with Crippen LogP contribution in [0.5, 0.6) is 0 Å². The van der Waals surface area contributed by atoms with Gasteiger partial charge in [0.25, 0.3) is 15.9 Å². The van der Waals surface area contributed by atoms with Crippen LogP contribution in [-0.2, 0) is 14.8 Å². The van der Waals surface area contributed by atoms with Crippen molar-refractivity contribution in [2.24, 2.45) is 0 Å². The summed E-state index contributed by atoms with van der Waals surface area (Å²) in [5, 5.41) is 4.34. The van der Waals surface area contributed by atoms with Crippen molar-refractivity contribution in [3.8, 4) is 0 Å². The Hall–Kier alpha value is -3.08. The summed E-state index contributed by atoms with van der Waals surface area (Å²) < 4.78 is 64.2. The molecule has 0 spiro atoms. The minimum Gasteiger partial charge on any atom is -0.343 e. The molecule has 162 valence electrons. The SMILES string of the molecule is CCC(=O)Nc1ccc(C)c(NS(=O)(=O)c2ccc(C(=O)NCC(F)(F)F)cc2)c1. The van der Waals surface area contributed by atoms with Gasteiger partial charge < -0.3 is 10.6 Å². The molecule has 0 saturated heterocycles. The lowest BCUT2D eigenvalue weighted by Gasteiger charge is -2.13. The molecule has 2 aromatic carbocycles. The van der Waals surface area contributed by atoms with Crippen molar-refractivity contribution in [3.63, 3.8) is 0 Å². The van der Waals surface area contributed by atoms with E-state index in [9.17, 15) is 31.2 Å². The molecule has 0 heterocycles. The average molecular weight is 443 g/mol. The van der Waals surface area contributed by atoms with E-state index in [0.29, 0.717) is 11.3 Å². The molecule has 30 heavy (non-hydrogen) atoms. The van der Waals surface area contributed by atoms with Crippen LogP contribution in [0.3, 0.4) is 0 Å². The molecular formula is C19H20F3N3O4S. The third kappa shape index (κ3) is 6.48. The Kier molecular flexibility index (Phi) is 7.08. The number of anilines is 2. The lowest BCUT2D eigenvalue weighted by molar-refractivity contribution is -0.123. The van der Waals surface area contributed by atoms with E-state index in [4.69, 9.17) is 0 Å². The number of amides is 2. The minimum absolute atomic E-state index is 0.112. The van der Waals surface area contributed by atoms with Gasteiger partial charge in [0.1, 0.15) is 6.54 Å². The largest absolute Gasteiger partial charge is 0.405 e. The van der Waals surface area contributed by atoms with Gasteiger partial charge >= 0.3 is 6.18 Å². The second kappa shape index (κ2) is 9.16. The van der Waals surface area contributed by atoms with Gasteiger partial charge in [-0.1, -0.05) is 13.0 Å². The molecule has 0 unspecified atom stereocenters. The van der Waals surface area contributed by atoms with Gasteiger partial charge in [0.05, 0.1) is 10.6 Å². The number of carbonyl (C=O) groups is 2. The summed E-state index contributed by atoms with van der Waals surface area (Å²) >= 11 is 0. The fourth-order valence-corrected chi connectivity index (χ4v) is 3.45. The highest BCUT2D eigenvalue weighted by Crippen LogP contribution is 2.24. The van der Waals surface area contributed by atoms with Gasteiger partial charge in [0.2, 0.25) is 5.91 Å². The quantitative estimate of drug-likeness (QED) is 0.610. The second-order valence-electron chi connectivity index (χ2n) is 6.36. The average Bonchev–Trinajstić information content (AvgIpc) is 2.68. The standard InChI is InChI=1S/C19H20F3N3O4S/c1-3-17(26)24-14-7-4-12(2)16(10-14)25-30(28,29)15-8-5-13(6-9-15)18(27)23-11-19(20,21)22/h4-10,25H,3,11H2,1-2H3,(H,23,27)(H,24,26). The number of benzene rings is 2. The van der Waals surface area contributed by atoms with Crippen molar-refractivity contribution in [3.05, 3.63) is 53.6 Å². The molecule has 2 amide bonds. The van der Waals surface area contributed by atoms with Gasteiger partial charge in [-0.3, -0.25) is 14.3 Å². The van der Waals surface area contributed by atoms with Crippen molar-refractivity contribution in [1.82, 2.24) is 5.32 Å². The van der Waals surface area contributed by atoms with Gasteiger partial charge in [0.15, 0.2) is 0 Å². The lowest BCUT2D eigenvalue weighted by atomic mass is 10.2. The highest BCUT2D eigenvalue weighted by molar-refractivity contribution is 7.92. The zero-order valence-corrected chi connectivity index (χ0v) is 16.9. The zero-order valence-electron chi connectivity index (χ0n) is 16.1. The van der Waals surface area contributed by atoms with Crippen LogP contribution in [0.25, 0.3) is 0 Å². The summed E-state index contributed by atoms with van der Waals surface area (Å²) in [5.74, 6) is -1.20.